The fourth-order valence-electron chi connectivity index (χ4n) is 1.87. The van der Waals surface area contributed by atoms with Gasteiger partial charge in [-0.1, -0.05) is 16.8 Å². The van der Waals surface area contributed by atoms with E-state index >= 15 is 0 Å². The summed E-state index contributed by atoms with van der Waals surface area (Å²) in [6, 6.07) is 6.24. The number of nitrogens with one attached hydrogen (secondary N) is 1. The number of halogens is 1. The van der Waals surface area contributed by atoms with Crippen LogP contribution in [0.5, 0.6) is 0 Å². The number of hydrogen-bond acceptors (Lipinski definition) is 6. The number of nitrogens with two attached hydrogens (primary N) is 1. The minimum absolute atomic E-state index is 0.0257. The third-order valence-electron chi connectivity index (χ3n) is 2.91. The van der Waals surface area contributed by atoms with Crippen LogP contribution in [0, 0.1) is 0 Å². The lowest BCUT2D eigenvalue weighted by Crippen LogP contribution is -2.17. The van der Waals surface area contributed by atoms with Gasteiger partial charge in [0.1, 0.15) is 10.6 Å². The summed E-state index contributed by atoms with van der Waals surface area (Å²) >= 11 is 7.05. The molecule has 0 unspecified atom stereocenters. The van der Waals surface area contributed by atoms with Crippen LogP contribution in [0.1, 0.15) is 20.7 Å². The number of nitrogens with zero attached hydrogens (tertiary/aromatic N) is 2. The average molecular weight is 349 g/mol. The van der Waals surface area contributed by atoms with Crippen molar-refractivity contribution < 1.29 is 14.1 Å². The predicted octanol–water partition coefficient (Wildman–Crippen LogP) is 2.80. The topological polar surface area (TPSA) is 111 Å². The molecule has 2 amide bonds. The third-order valence-corrected chi connectivity index (χ3v) is 3.94. The molecule has 2 aromatic heterocycles. The Balaban J connectivity index is 1.93. The van der Waals surface area contributed by atoms with Crippen molar-refractivity contribution in [1.82, 2.24) is 10.1 Å². The van der Waals surface area contributed by atoms with Crippen molar-refractivity contribution >= 4 is 40.6 Å². The molecule has 0 atom stereocenters. The van der Waals surface area contributed by atoms with Crippen LogP contribution in [0.3, 0.4) is 0 Å². The van der Waals surface area contributed by atoms with Crippen molar-refractivity contribution in [3.8, 4) is 10.7 Å². The Labute approximate surface area is 139 Å². The van der Waals surface area contributed by atoms with E-state index in [0.717, 1.165) is 0 Å². The monoisotopic (exact) mass is 348 g/mol. The molecule has 116 valence electrons. The van der Waals surface area contributed by atoms with Crippen molar-refractivity contribution in [2.45, 2.75) is 0 Å². The fourth-order valence-corrected chi connectivity index (χ4v) is 2.62. The van der Waals surface area contributed by atoms with Crippen molar-refractivity contribution in [2.75, 3.05) is 5.32 Å². The zero-order valence-corrected chi connectivity index (χ0v) is 13.0. The van der Waals surface area contributed by atoms with Gasteiger partial charge < -0.3 is 10.3 Å². The van der Waals surface area contributed by atoms with Crippen molar-refractivity contribution in [3.63, 3.8) is 0 Å². The molecular formula is C14H9ClN4O3S. The van der Waals surface area contributed by atoms with Crippen LogP contribution in [0.25, 0.3) is 10.7 Å². The molecule has 0 aliphatic heterocycles. The Bertz CT molecular complexity index is 859. The minimum atomic E-state index is -0.775. The largest absolute Gasteiger partial charge is 0.365 e. The predicted molar refractivity (Wildman–Crippen MR) is 85.5 cm³/mol. The van der Waals surface area contributed by atoms with Crippen LogP contribution in [0.15, 0.2) is 40.4 Å². The molecule has 0 saturated heterocycles. The first-order valence-electron chi connectivity index (χ1n) is 6.32. The van der Waals surface area contributed by atoms with Gasteiger partial charge in [-0.2, -0.15) is 0 Å². The fraction of sp³-hybridized carbons (Fsp3) is 0. The SMILES string of the molecule is NC(=O)c1c(-c2nccs2)noc1NC(=O)c1ccc(Cl)cc1. The Kier molecular flexibility index (Phi) is 4.09. The van der Waals surface area contributed by atoms with E-state index in [1.165, 1.54) is 11.3 Å². The summed E-state index contributed by atoms with van der Waals surface area (Å²) in [6.07, 6.45) is 1.56. The number of rotatable bonds is 4. The molecule has 3 aromatic rings. The highest BCUT2D eigenvalue weighted by molar-refractivity contribution is 7.13. The summed E-state index contributed by atoms with van der Waals surface area (Å²) in [5, 5.41) is 8.95. The number of carbonyl (C=O) groups is 2. The maximum Gasteiger partial charge on any atom is 0.258 e. The molecule has 0 radical (unpaired) electrons. The molecule has 3 rings (SSSR count). The van der Waals surface area contributed by atoms with Crippen molar-refractivity contribution in [3.05, 3.63) is 52.0 Å². The number of aromatic nitrogens is 2. The summed E-state index contributed by atoms with van der Waals surface area (Å²) in [5.74, 6) is -1.38. The summed E-state index contributed by atoms with van der Waals surface area (Å²) in [6.45, 7) is 0. The normalized spacial score (nSPS) is 10.5. The Morgan fingerprint density at radius 3 is 2.61 bits per heavy atom. The number of carbonyl (C=O) groups excluding carboxylic acids is 2. The van der Waals surface area contributed by atoms with Gasteiger partial charge in [0.25, 0.3) is 11.8 Å². The summed E-state index contributed by atoms with van der Waals surface area (Å²) in [7, 11) is 0. The van der Waals surface area contributed by atoms with Gasteiger partial charge in [-0.05, 0) is 24.3 Å². The quantitative estimate of drug-likeness (QED) is 0.753. The number of hydrogen-bond donors (Lipinski definition) is 2. The summed E-state index contributed by atoms with van der Waals surface area (Å²) in [5.41, 5.74) is 5.88. The second kappa shape index (κ2) is 6.19. The highest BCUT2D eigenvalue weighted by Crippen LogP contribution is 2.30. The maximum absolute atomic E-state index is 12.2. The van der Waals surface area contributed by atoms with E-state index in [2.05, 4.69) is 15.5 Å². The van der Waals surface area contributed by atoms with Gasteiger partial charge in [0.15, 0.2) is 5.69 Å². The van der Waals surface area contributed by atoms with Crippen LogP contribution in [0.2, 0.25) is 5.02 Å². The van der Waals surface area contributed by atoms with Gasteiger partial charge in [-0.25, -0.2) is 4.98 Å². The maximum atomic E-state index is 12.2. The zero-order chi connectivity index (χ0) is 16.4. The van der Waals surface area contributed by atoms with Gasteiger partial charge >= 0.3 is 0 Å². The number of benzene rings is 1. The first-order valence-corrected chi connectivity index (χ1v) is 7.58. The van der Waals surface area contributed by atoms with Crippen molar-refractivity contribution in [1.29, 1.82) is 0 Å². The molecule has 0 aliphatic rings. The highest BCUT2D eigenvalue weighted by atomic mass is 35.5. The number of primary amides is 1. The average Bonchev–Trinajstić information content (AvgIpc) is 3.16. The molecule has 0 aliphatic carbocycles. The van der Waals surface area contributed by atoms with E-state index in [9.17, 15) is 9.59 Å². The Morgan fingerprint density at radius 1 is 1.26 bits per heavy atom. The first-order chi connectivity index (χ1) is 11.1. The summed E-state index contributed by atoms with van der Waals surface area (Å²) < 4.78 is 5.05. The van der Waals surface area contributed by atoms with Gasteiger partial charge in [0, 0.05) is 22.2 Å². The molecule has 9 heteroatoms. The number of thiazole rings is 1. The van der Waals surface area contributed by atoms with Crippen LogP contribution in [-0.2, 0) is 0 Å². The zero-order valence-electron chi connectivity index (χ0n) is 11.4. The molecule has 1 aromatic carbocycles. The Hall–Kier alpha value is -2.71. The van der Waals surface area contributed by atoms with E-state index in [1.807, 2.05) is 0 Å². The molecule has 23 heavy (non-hydrogen) atoms. The van der Waals surface area contributed by atoms with Crippen LogP contribution in [0.4, 0.5) is 5.88 Å². The van der Waals surface area contributed by atoms with E-state index in [0.29, 0.717) is 15.6 Å². The van der Waals surface area contributed by atoms with Crippen molar-refractivity contribution in [2.24, 2.45) is 5.73 Å². The van der Waals surface area contributed by atoms with Gasteiger partial charge in [0.05, 0.1) is 0 Å². The number of anilines is 1. The third kappa shape index (κ3) is 3.08. The summed E-state index contributed by atoms with van der Waals surface area (Å²) in [4.78, 5) is 27.9. The van der Waals surface area contributed by atoms with E-state index in [-0.39, 0.29) is 17.1 Å². The smallest absolute Gasteiger partial charge is 0.258 e. The second-order valence-electron chi connectivity index (χ2n) is 4.40. The molecule has 2 heterocycles. The minimum Gasteiger partial charge on any atom is -0.365 e. The molecule has 0 bridgehead atoms. The van der Waals surface area contributed by atoms with Gasteiger partial charge in [-0.3, -0.25) is 14.9 Å². The standard InChI is InChI=1S/C14H9ClN4O3S/c15-8-3-1-7(2-4-8)12(21)18-13-9(11(16)20)10(19-22-13)14-17-5-6-23-14/h1-6H,(H2,16,20)(H,18,21). The lowest BCUT2D eigenvalue weighted by Gasteiger charge is -2.03. The molecule has 3 N–H and O–H groups in total. The van der Waals surface area contributed by atoms with Crippen LogP contribution in [-0.4, -0.2) is 22.0 Å². The van der Waals surface area contributed by atoms with Gasteiger partial charge in [-0.15, -0.1) is 11.3 Å². The molecule has 0 spiro atoms. The molecule has 0 fully saturated rings. The number of amides is 2. The highest BCUT2D eigenvalue weighted by Gasteiger charge is 2.25. The molecular weight excluding hydrogens is 340 g/mol. The van der Waals surface area contributed by atoms with Gasteiger partial charge in [0.2, 0.25) is 5.88 Å². The Morgan fingerprint density at radius 2 is 2.00 bits per heavy atom. The van der Waals surface area contributed by atoms with E-state index in [1.54, 1.807) is 35.8 Å². The molecule has 0 saturated carbocycles. The first kappa shape index (κ1) is 15.2. The van der Waals surface area contributed by atoms with E-state index in [4.69, 9.17) is 21.9 Å². The molecule has 7 nitrogen and oxygen atoms in total. The lowest BCUT2D eigenvalue weighted by atomic mass is 10.2. The lowest BCUT2D eigenvalue weighted by molar-refractivity contribution is 0.100. The van der Waals surface area contributed by atoms with Crippen LogP contribution < -0.4 is 11.1 Å². The second-order valence-corrected chi connectivity index (χ2v) is 5.73. The van der Waals surface area contributed by atoms with E-state index < -0.39 is 11.8 Å². The van der Waals surface area contributed by atoms with Crippen LogP contribution >= 0.6 is 22.9 Å².